The van der Waals surface area contributed by atoms with Gasteiger partial charge in [-0.1, -0.05) is 31.9 Å². The minimum absolute atomic E-state index is 0.756. The fourth-order valence-corrected chi connectivity index (χ4v) is 3.24. The van der Waals surface area contributed by atoms with Gasteiger partial charge < -0.3 is 0 Å². The molecule has 1 atom stereocenters. The van der Waals surface area contributed by atoms with Crippen LogP contribution in [-0.4, -0.2) is 11.0 Å². The van der Waals surface area contributed by atoms with Crippen LogP contribution >= 0.6 is 11.8 Å². The van der Waals surface area contributed by atoms with Crippen molar-refractivity contribution in [1.82, 2.24) is 0 Å². The second kappa shape index (κ2) is 4.36. The van der Waals surface area contributed by atoms with Gasteiger partial charge in [-0.15, -0.1) is 0 Å². The van der Waals surface area contributed by atoms with Crippen molar-refractivity contribution >= 4 is 11.8 Å². The highest BCUT2D eigenvalue weighted by Crippen LogP contribution is 2.36. The normalized spacial score (nSPS) is 28.2. The van der Waals surface area contributed by atoms with E-state index in [4.69, 9.17) is 0 Å². The van der Waals surface area contributed by atoms with Crippen LogP contribution in [0.5, 0.6) is 0 Å². The fraction of sp³-hybridized carbons (Fsp3) is 0.818. The quantitative estimate of drug-likeness (QED) is 0.587. The summed E-state index contributed by atoms with van der Waals surface area (Å²) in [5.41, 5.74) is 3.46. The molecule has 0 spiro atoms. The molecule has 1 aliphatic heterocycles. The van der Waals surface area contributed by atoms with Crippen LogP contribution in [0.2, 0.25) is 0 Å². The molecule has 0 aromatic heterocycles. The first-order valence-electron chi connectivity index (χ1n) is 5.00. The molecule has 0 amide bonds. The van der Waals surface area contributed by atoms with Gasteiger partial charge >= 0.3 is 0 Å². The molecule has 0 saturated carbocycles. The zero-order valence-corrected chi connectivity index (χ0v) is 9.50. The summed E-state index contributed by atoms with van der Waals surface area (Å²) in [4.78, 5) is 0. The smallest absolute Gasteiger partial charge is 0.0231 e. The van der Waals surface area contributed by atoms with Gasteiger partial charge in [0.25, 0.3) is 0 Å². The van der Waals surface area contributed by atoms with Crippen LogP contribution < -0.4 is 0 Å². The van der Waals surface area contributed by atoms with Crippen molar-refractivity contribution in [3.8, 4) is 0 Å². The van der Waals surface area contributed by atoms with E-state index >= 15 is 0 Å². The predicted octanol–water partition coefficient (Wildman–Crippen LogP) is 3.87. The molecule has 0 aromatic carbocycles. The van der Waals surface area contributed by atoms with Gasteiger partial charge in [-0.3, -0.25) is 0 Å². The highest BCUT2D eigenvalue weighted by Gasteiger charge is 2.20. The Balaban J connectivity index is 2.83. The third kappa shape index (κ3) is 2.07. The maximum absolute atomic E-state index is 2.35. The van der Waals surface area contributed by atoms with Crippen molar-refractivity contribution in [2.45, 2.75) is 45.8 Å². The summed E-state index contributed by atoms with van der Waals surface area (Å²) in [5.74, 6) is 2.10. The Kier molecular flexibility index (Phi) is 3.70. The largest absolute Gasteiger partial charge is 0.154 e. The predicted molar refractivity (Wildman–Crippen MR) is 58.7 cm³/mol. The van der Waals surface area contributed by atoms with E-state index in [1.54, 1.807) is 11.1 Å². The second-order valence-electron chi connectivity index (χ2n) is 3.82. The molecule has 0 bridgehead atoms. The Bertz CT molecular complexity index is 179. The second-order valence-corrected chi connectivity index (χ2v) is 5.27. The number of rotatable bonds is 2. The topological polar surface area (TPSA) is 0 Å². The Morgan fingerprint density at radius 3 is 2.58 bits per heavy atom. The van der Waals surface area contributed by atoms with Crippen molar-refractivity contribution < 1.29 is 0 Å². The molecule has 1 rings (SSSR count). The summed E-state index contributed by atoms with van der Waals surface area (Å²) in [7, 11) is 0. The van der Waals surface area contributed by atoms with Crippen LogP contribution in [0.4, 0.5) is 0 Å². The van der Waals surface area contributed by atoms with Gasteiger partial charge in [0.15, 0.2) is 0 Å². The standard InChI is InChI=1S/C11H20S/c1-5-10(8(2)3)11-6-7-12-9(11)4/h8-9H,5-7H2,1-4H3/b11-10+. The molecule has 1 heteroatoms. The molecule has 70 valence electrons. The molecule has 12 heavy (non-hydrogen) atoms. The zero-order chi connectivity index (χ0) is 9.14. The minimum atomic E-state index is 0.756. The van der Waals surface area contributed by atoms with E-state index < -0.39 is 0 Å². The Morgan fingerprint density at radius 1 is 1.58 bits per heavy atom. The lowest BCUT2D eigenvalue weighted by atomic mass is 9.92. The number of hydrogen-bond donors (Lipinski definition) is 0. The Hall–Kier alpha value is 0.0900. The number of hydrogen-bond acceptors (Lipinski definition) is 1. The van der Waals surface area contributed by atoms with Crippen LogP contribution in [0.15, 0.2) is 11.1 Å². The molecule has 1 heterocycles. The Labute approximate surface area is 80.8 Å². The zero-order valence-electron chi connectivity index (χ0n) is 8.68. The fourth-order valence-electron chi connectivity index (χ4n) is 2.08. The Morgan fingerprint density at radius 2 is 2.25 bits per heavy atom. The summed E-state index contributed by atoms with van der Waals surface area (Å²) in [6, 6.07) is 0. The first-order valence-corrected chi connectivity index (χ1v) is 6.05. The van der Waals surface area contributed by atoms with Gasteiger partial charge in [0.2, 0.25) is 0 Å². The lowest BCUT2D eigenvalue weighted by Gasteiger charge is -2.15. The van der Waals surface area contributed by atoms with Gasteiger partial charge in [-0.05, 0) is 31.4 Å². The van der Waals surface area contributed by atoms with Crippen LogP contribution in [-0.2, 0) is 0 Å². The third-order valence-electron chi connectivity index (χ3n) is 2.72. The highest BCUT2D eigenvalue weighted by molar-refractivity contribution is 8.00. The van der Waals surface area contributed by atoms with Crippen molar-refractivity contribution in [3.63, 3.8) is 0 Å². The van der Waals surface area contributed by atoms with E-state index in [1.807, 2.05) is 0 Å². The lowest BCUT2D eigenvalue weighted by Crippen LogP contribution is -2.03. The van der Waals surface area contributed by atoms with Crippen LogP contribution in [0, 0.1) is 5.92 Å². The summed E-state index contributed by atoms with van der Waals surface area (Å²) < 4.78 is 0. The van der Waals surface area contributed by atoms with Crippen molar-refractivity contribution in [3.05, 3.63) is 11.1 Å². The maximum Gasteiger partial charge on any atom is 0.0231 e. The highest BCUT2D eigenvalue weighted by atomic mass is 32.2. The first kappa shape index (κ1) is 10.2. The van der Waals surface area contributed by atoms with Crippen LogP contribution in [0.3, 0.4) is 0 Å². The molecule has 1 saturated heterocycles. The molecule has 1 unspecified atom stereocenters. The van der Waals surface area contributed by atoms with Crippen LogP contribution in [0.25, 0.3) is 0 Å². The third-order valence-corrected chi connectivity index (χ3v) is 3.94. The van der Waals surface area contributed by atoms with E-state index in [1.165, 1.54) is 18.6 Å². The number of thioether (sulfide) groups is 1. The van der Waals surface area contributed by atoms with Crippen LogP contribution in [0.1, 0.15) is 40.5 Å². The summed E-state index contributed by atoms with van der Waals surface area (Å²) in [5, 5.41) is 0.794. The lowest BCUT2D eigenvalue weighted by molar-refractivity contribution is 0.707. The van der Waals surface area contributed by atoms with Gasteiger partial charge in [-0.25, -0.2) is 0 Å². The van der Waals surface area contributed by atoms with Gasteiger partial charge in [0.1, 0.15) is 0 Å². The molecule has 0 radical (unpaired) electrons. The summed E-state index contributed by atoms with van der Waals surface area (Å²) in [6.07, 6.45) is 2.59. The van der Waals surface area contributed by atoms with Gasteiger partial charge in [0.05, 0.1) is 0 Å². The molecule has 0 aromatic rings. The maximum atomic E-state index is 2.35. The first-order chi connectivity index (χ1) is 5.66. The van der Waals surface area contributed by atoms with E-state index in [0.717, 1.165) is 11.2 Å². The van der Waals surface area contributed by atoms with Crippen molar-refractivity contribution in [2.75, 3.05) is 5.75 Å². The van der Waals surface area contributed by atoms with Gasteiger partial charge in [0, 0.05) is 5.25 Å². The van der Waals surface area contributed by atoms with Gasteiger partial charge in [-0.2, -0.15) is 11.8 Å². The van der Waals surface area contributed by atoms with E-state index in [-0.39, 0.29) is 0 Å². The van der Waals surface area contributed by atoms with E-state index in [2.05, 4.69) is 39.5 Å². The van der Waals surface area contributed by atoms with Crippen molar-refractivity contribution in [2.24, 2.45) is 5.92 Å². The average Bonchev–Trinajstić information content (AvgIpc) is 2.38. The minimum Gasteiger partial charge on any atom is -0.154 e. The van der Waals surface area contributed by atoms with Crippen molar-refractivity contribution in [1.29, 1.82) is 0 Å². The molecule has 0 nitrogen and oxygen atoms in total. The molecular weight excluding hydrogens is 164 g/mol. The summed E-state index contributed by atoms with van der Waals surface area (Å²) >= 11 is 2.11. The monoisotopic (exact) mass is 184 g/mol. The molecular formula is C11H20S. The molecule has 0 N–H and O–H groups in total. The average molecular weight is 184 g/mol. The molecule has 0 aliphatic carbocycles. The SMILES string of the molecule is CC/C(=C1/CCSC1C)C(C)C. The summed E-state index contributed by atoms with van der Waals surface area (Å²) in [6.45, 7) is 9.28. The molecule has 1 aliphatic rings. The van der Waals surface area contributed by atoms with E-state index in [9.17, 15) is 0 Å². The molecule has 1 fully saturated rings. The van der Waals surface area contributed by atoms with E-state index in [0.29, 0.717) is 0 Å². The number of allylic oxidation sites excluding steroid dienone is 1.